The van der Waals surface area contributed by atoms with Crippen LogP contribution in [0.2, 0.25) is 0 Å². The second-order valence-electron chi connectivity index (χ2n) is 3.84. The van der Waals surface area contributed by atoms with Crippen LogP contribution in [0, 0.1) is 5.41 Å². The van der Waals surface area contributed by atoms with Gasteiger partial charge in [0.25, 0.3) is 0 Å². The Morgan fingerprint density at radius 3 is 1.94 bits per heavy atom. The first kappa shape index (κ1) is 15.2. The van der Waals surface area contributed by atoms with E-state index >= 15 is 0 Å². The lowest BCUT2D eigenvalue weighted by atomic mass is 9.82. The standard InChI is InChI=1S/C10H18N2O5/c1-2-3-10(4-5-13,6-16-8(11)14)7-17-9(12)15/h5H,2-4,6-7H2,1H3,(H2,11,14)(H2,12,15). The molecule has 0 aliphatic heterocycles. The van der Waals surface area contributed by atoms with Crippen LogP contribution >= 0.6 is 0 Å². The van der Waals surface area contributed by atoms with Crippen molar-refractivity contribution in [2.24, 2.45) is 16.9 Å². The molecule has 2 amide bonds. The van der Waals surface area contributed by atoms with E-state index in [0.717, 1.165) is 6.42 Å². The summed E-state index contributed by atoms with van der Waals surface area (Å²) in [6.07, 6.45) is 0.196. The zero-order valence-electron chi connectivity index (χ0n) is 9.81. The van der Waals surface area contributed by atoms with Gasteiger partial charge in [0.05, 0.1) is 0 Å². The van der Waals surface area contributed by atoms with E-state index in [9.17, 15) is 14.4 Å². The topological polar surface area (TPSA) is 122 Å². The molecule has 0 unspecified atom stereocenters. The van der Waals surface area contributed by atoms with E-state index in [0.29, 0.717) is 12.7 Å². The highest BCUT2D eigenvalue weighted by molar-refractivity contribution is 5.65. The van der Waals surface area contributed by atoms with Gasteiger partial charge in [-0.25, -0.2) is 9.59 Å². The minimum absolute atomic E-state index is 0.0812. The molecule has 17 heavy (non-hydrogen) atoms. The van der Waals surface area contributed by atoms with Gasteiger partial charge >= 0.3 is 12.2 Å². The van der Waals surface area contributed by atoms with Gasteiger partial charge in [0.15, 0.2) is 0 Å². The summed E-state index contributed by atoms with van der Waals surface area (Å²) in [7, 11) is 0. The highest BCUT2D eigenvalue weighted by Crippen LogP contribution is 2.28. The summed E-state index contributed by atoms with van der Waals surface area (Å²) in [5, 5.41) is 0. The van der Waals surface area contributed by atoms with Crippen LogP contribution in [-0.4, -0.2) is 31.7 Å². The molecule has 4 N–H and O–H groups in total. The lowest BCUT2D eigenvalue weighted by Gasteiger charge is -2.30. The highest BCUT2D eigenvalue weighted by Gasteiger charge is 2.32. The lowest BCUT2D eigenvalue weighted by molar-refractivity contribution is -0.111. The maximum absolute atomic E-state index is 10.6. The van der Waals surface area contributed by atoms with E-state index in [2.05, 4.69) is 0 Å². The molecule has 0 fully saturated rings. The summed E-state index contributed by atoms with van der Waals surface area (Å²) in [4.78, 5) is 31.8. The number of amides is 2. The molecule has 7 nitrogen and oxygen atoms in total. The second kappa shape index (κ2) is 7.48. The van der Waals surface area contributed by atoms with Gasteiger partial charge in [-0.1, -0.05) is 13.3 Å². The number of hydrogen-bond acceptors (Lipinski definition) is 5. The number of aldehydes is 1. The molecule has 0 aliphatic carbocycles. The van der Waals surface area contributed by atoms with Gasteiger partial charge < -0.3 is 25.7 Å². The van der Waals surface area contributed by atoms with Gasteiger partial charge in [-0.3, -0.25) is 0 Å². The normalized spacial score (nSPS) is 10.6. The summed E-state index contributed by atoms with van der Waals surface area (Å²) in [6.45, 7) is 1.73. The van der Waals surface area contributed by atoms with Crippen molar-refractivity contribution in [3.05, 3.63) is 0 Å². The van der Waals surface area contributed by atoms with Crippen molar-refractivity contribution in [1.82, 2.24) is 0 Å². The third-order valence-corrected chi connectivity index (χ3v) is 2.34. The zero-order chi connectivity index (χ0) is 13.3. The molecule has 0 radical (unpaired) electrons. The molecule has 7 heteroatoms. The van der Waals surface area contributed by atoms with Crippen molar-refractivity contribution in [2.45, 2.75) is 26.2 Å². The number of carbonyl (C=O) groups is 3. The van der Waals surface area contributed by atoms with Gasteiger partial charge in [0.1, 0.15) is 19.5 Å². The molecular weight excluding hydrogens is 228 g/mol. The molecule has 0 aromatic heterocycles. The summed E-state index contributed by atoms with van der Waals surface area (Å²) in [5.41, 5.74) is 8.98. The monoisotopic (exact) mass is 246 g/mol. The van der Waals surface area contributed by atoms with E-state index < -0.39 is 17.6 Å². The Morgan fingerprint density at radius 2 is 1.65 bits per heavy atom. The third-order valence-electron chi connectivity index (χ3n) is 2.34. The average molecular weight is 246 g/mol. The van der Waals surface area contributed by atoms with Crippen molar-refractivity contribution in [2.75, 3.05) is 13.2 Å². The molecule has 0 bridgehead atoms. The van der Waals surface area contributed by atoms with Crippen molar-refractivity contribution >= 4 is 18.5 Å². The van der Waals surface area contributed by atoms with E-state index in [1.807, 2.05) is 6.92 Å². The Kier molecular flexibility index (Phi) is 6.69. The first-order chi connectivity index (χ1) is 7.95. The number of carbonyl (C=O) groups excluding carboxylic acids is 3. The van der Waals surface area contributed by atoms with Crippen molar-refractivity contribution in [3.63, 3.8) is 0 Å². The molecule has 0 rings (SSSR count). The quantitative estimate of drug-likeness (QED) is 0.605. The van der Waals surface area contributed by atoms with E-state index in [-0.39, 0.29) is 19.6 Å². The van der Waals surface area contributed by atoms with Gasteiger partial charge in [-0.2, -0.15) is 0 Å². The Balaban J connectivity index is 4.63. The van der Waals surface area contributed by atoms with Crippen LogP contribution in [0.25, 0.3) is 0 Å². The molecule has 0 aliphatic rings. The molecular formula is C10H18N2O5. The molecule has 0 heterocycles. The molecule has 0 saturated heterocycles. The van der Waals surface area contributed by atoms with E-state index in [1.54, 1.807) is 0 Å². The number of rotatable bonds is 8. The first-order valence-electron chi connectivity index (χ1n) is 5.24. The van der Waals surface area contributed by atoms with Crippen LogP contribution in [0.1, 0.15) is 26.2 Å². The van der Waals surface area contributed by atoms with Crippen LogP contribution < -0.4 is 11.5 Å². The molecule has 98 valence electrons. The molecule has 0 saturated carbocycles. The van der Waals surface area contributed by atoms with Crippen LogP contribution in [0.5, 0.6) is 0 Å². The van der Waals surface area contributed by atoms with Crippen molar-refractivity contribution in [3.8, 4) is 0 Å². The minimum Gasteiger partial charge on any atom is -0.449 e. The van der Waals surface area contributed by atoms with Crippen molar-refractivity contribution < 1.29 is 23.9 Å². The smallest absolute Gasteiger partial charge is 0.404 e. The second-order valence-corrected chi connectivity index (χ2v) is 3.84. The average Bonchev–Trinajstić information content (AvgIpc) is 2.24. The van der Waals surface area contributed by atoms with Crippen LogP contribution in [0.3, 0.4) is 0 Å². The Labute approximate surface area is 99.4 Å². The van der Waals surface area contributed by atoms with Crippen molar-refractivity contribution in [1.29, 1.82) is 0 Å². The molecule has 0 aromatic carbocycles. The Hall–Kier alpha value is -1.79. The fourth-order valence-electron chi connectivity index (χ4n) is 1.56. The van der Waals surface area contributed by atoms with Crippen LogP contribution in [0.15, 0.2) is 0 Å². The zero-order valence-corrected chi connectivity index (χ0v) is 9.81. The Bertz CT molecular complexity index is 262. The fourth-order valence-corrected chi connectivity index (χ4v) is 1.56. The number of hydrogen-bond donors (Lipinski definition) is 2. The highest BCUT2D eigenvalue weighted by atomic mass is 16.6. The number of primary amides is 2. The predicted octanol–water partition coefficient (Wildman–Crippen LogP) is 0.552. The van der Waals surface area contributed by atoms with Gasteiger partial charge in [-0.15, -0.1) is 0 Å². The summed E-state index contributed by atoms with van der Waals surface area (Å²) >= 11 is 0. The molecule has 0 spiro atoms. The van der Waals surface area contributed by atoms with Crippen LogP contribution in [-0.2, 0) is 14.3 Å². The first-order valence-corrected chi connectivity index (χ1v) is 5.24. The lowest BCUT2D eigenvalue weighted by Crippen LogP contribution is -2.36. The largest absolute Gasteiger partial charge is 0.449 e. The summed E-state index contributed by atoms with van der Waals surface area (Å²) < 4.78 is 9.39. The van der Waals surface area contributed by atoms with E-state index in [4.69, 9.17) is 20.9 Å². The fraction of sp³-hybridized carbons (Fsp3) is 0.700. The number of nitrogens with two attached hydrogens (primary N) is 2. The van der Waals surface area contributed by atoms with E-state index in [1.165, 1.54) is 0 Å². The SMILES string of the molecule is CCCC(CC=O)(COC(N)=O)COC(N)=O. The Morgan fingerprint density at radius 1 is 1.18 bits per heavy atom. The summed E-state index contributed by atoms with van der Waals surface area (Å²) in [6, 6.07) is 0. The number of ether oxygens (including phenoxy) is 2. The minimum atomic E-state index is -0.935. The predicted molar refractivity (Wildman–Crippen MR) is 59.1 cm³/mol. The van der Waals surface area contributed by atoms with Gasteiger partial charge in [0, 0.05) is 11.8 Å². The summed E-state index contributed by atoms with van der Waals surface area (Å²) in [5.74, 6) is 0. The maximum Gasteiger partial charge on any atom is 0.404 e. The maximum atomic E-state index is 10.6. The van der Waals surface area contributed by atoms with Gasteiger partial charge in [0.2, 0.25) is 0 Å². The molecule has 0 atom stereocenters. The molecule has 0 aromatic rings. The van der Waals surface area contributed by atoms with Gasteiger partial charge in [-0.05, 0) is 6.42 Å². The third kappa shape index (κ3) is 6.39. The van der Waals surface area contributed by atoms with Crippen LogP contribution in [0.4, 0.5) is 9.59 Å².